The van der Waals surface area contributed by atoms with Gasteiger partial charge in [-0.25, -0.2) is 4.79 Å². The molecule has 0 bridgehead atoms. The topological polar surface area (TPSA) is 79.5 Å². The number of ether oxygens (including phenoxy) is 1. The molecule has 6 nitrogen and oxygen atoms in total. The summed E-state index contributed by atoms with van der Waals surface area (Å²) in [5, 5.41) is 8.36. The molecule has 26 heavy (non-hydrogen) atoms. The number of hydrogen-bond acceptors (Lipinski definition) is 4. The average Bonchev–Trinajstić information content (AvgIpc) is 2.60. The molecular weight excluding hydrogens is 330 g/mol. The fourth-order valence-corrected chi connectivity index (χ4v) is 3.64. The molecule has 1 aromatic carbocycles. The molecule has 144 valence electrons. The minimum absolute atomic E-state index is 0.146. The van der Waals surface area contributed by atoms with Crippen molar-refractivity contribution >= 4 is 17.6 Å². The maximum Gasteiger partial charge on any atom is 0.325 e. The quantitative estimate of drug-likeness (QED) is 0.749. The van der Waals surface area contributed by atoms with Crippen molar-refractivity contribution in [1.29, 1.82) is 0 Å². The van der Waals surface area contributed by atoms with Crippen molar-refractivity contribution in [1.82, 2.24) is 10.6 Å². The van der Waals surface area contributed by atoms with Crippen LogP contribution in [0.3, 0.4) is 0 Å². The van der Waals surface area contributed by atoms with Crippen molar-refractivity contribution in [3.05, 3.63) is 24.3 Å². The Hall–Kier alpha value is -2.08. The molecule has 3 amide bonds. The molecule has 2 atom stereocenters. The van der Waals surface area contributed by atoms with E-state index in [0.29, 0.717) is 23.4 Å². The number of benzene rings is 1. The van der Waals surface area contributed by atoms with E-state index in [0.717, 1.165) is 6.42 Å². The maximum atomic E-state index is 12.1. The van der Waals surface area contributed by atoms with Gasteiger partial charge in [0.1, 0.15) is 5.75 Å². The summed E-state index contributed by atoms with van der Waals surface area (Å²) in [4.78, 5) is 24.0. The van der Waals surface area contributed by atoms with Crippen LogP contribution in [0.4, 0.5) is 10.5 Å². The number of carbonyl (C=O) groups is 2. The van der Waals surface area contributed by atoms with Crippen molar-refractivity contribution in [3.8, 4) is 5.75 Å². The van der Waals surface area contributed by atoms with Gasteiger partial charge in [0.25, 0.3) is 0 Å². The summed E-state index contributed by atoms with van der Waals surface area (Å²) in [5.41, 5.74) is 0.810. The molecule has 1 aromatic rings. The average molecular weight is 361 g/mol. The van der Waals surface area contributed by atoms with Gasteiger partial charge < -0.3 is 15.4 Å². The second-order valence-electron chi connectivity index (χ2n) is 7.98. The summed E-state index contributed by atoms with van der Waals surface area (Å²) in [7, 11) is 1.58. The van der Waals surface area contributed by atoms with Gasteiger partial charge in [0.15, 0.2) is 0 Å². The largest absolute Gasteiger partial charge is 0.497 e. The highest BCUT2D eigenvalue weighted by Crippen LogP contribution is 2.37. The fraction of sp³-hybridized carbons (Fsp3) is 0.600. The first kappa shape index (κ1) is 20.2. The Labute approximate surface area is 156 Å². The predicted molar refractivity (Wildman–Crippen MR) is 103 cm³/mol. The van der Waals surface area contributed by atoms with Crippen LogP contribution in [-0.2, 0) is 4.79 Å². The zero-order valence-corrected chi connectivity index (χ0v) is 16.2. The van der Waals surface area contributed by atoms with E-state index in [1.165, 1.54) is 19.3 Å². The van der Waals surface area contributed by atoms with Gasteiger partial charge in [0.05, 0.1) is 13.7 Å². The Balaban J connectivity index is 1.79. The maximum absolute atomic E-state index is 12.1. The van der Waals surface area contributed by atoms with Crippen LogP contribution in [0.1, 0.15) is 46.5 Å². The number of rotatable bonds is 5. The van der Waals surface area contributed by atoms with E-state index in [4.69, 9.17) is 4.74 Å². The number of amides is 3. The van der Waals surface area contributed by atoms with Gasteiger partial charge in [0.2, 0.25) is 5.91 Å². The smallest absolute Gasteiger partial charge is 0.325 e. The molecule has 1 aliphatic carbocycles. The van der Waals surface area contributed by atoms with Crippen molar-refractivity contribution < 1.29 is 14.3 Å². The zero-order chi connectivity index (χ0) is 19.2. The number of anilines is 1. The standard InChI is InChI=1S/C20H31N3O3/c1-20(2,3)16-7-5-6-8-17(16)21-13-18(24)23-19(25)22-14-9-11-15(26-4)12-10-14/h9-12,16-17,21H,5-8,13H2,1-4H3,(H2,22,23,24,25). The lowest BCUT2D eigenvalue weighted by molar-refractivity contribution is -0.119. The minimum atomic E-state index is -0.530. The number of hydrogen-bond donors (Lipinski definition) is 3. The first-order valence-corrected chi connectivity index (χ1v) is 9.28. The van der Waals surface area contributed by atoms with E-state index in [-0.39, 0.29) is 17.9 Å². The first-order chi connectivity index (χ1) is 12.3. The van der Waals surface area contributed by atoms with E-state index in [1.54, 1.807) is 31.4 Å². The third kappa shape index (κ3) is 6.02. The third-order valence-corrected chi connectivity index (χ3v) is 5.00. The van der Waals surface area contributed by atoms with E-state index < -0.39 is 6.03 Å². The Morgan fingerprint density at radius 3 is 2.38 bits per heavy atom. The zero-order valence-electron chi connectivity index (χ0n) is 16.2. The van der Waals surface area contributed by atoms with E-state index in [2.05, 4.69) is 36.7 Å². The summed E-state index contributed by atoms with van der Waals surface area (Å²) in [6.45, 7) is 6.90. The molecule has 0 aromatic heterocycles. The summed E-state index contributed by atoms with van der Waals surface area (Å²) in [5.74, 6) is 0.920. The van der Waals surface area contributed by atoms with Crippen molar-refractivity contribution in [2.24, 2.45) is 11.3 Å². The first-order valence-electron chi connectivity index (χ1n) is 9.28. The summed E-state index contributed by atoms with van der Waals surface area (Å²) < 4.78 is 5.07. The van der Waals surface area contributed by atoms with Crippen LogP contribution >= 0.6 is 0 Å². The fourth-order valence-electron chi connectivity index (χ4n) is 3.64. The number of imide groups is 1. The monoisotopic (exact) mass is 361 g/mol. The second kappa shape index (κ2) is 9.03. The summed E-state index contributed by atoms with van der Waals surface area (Å²) in [6.07, 6.45) is 4.69. The lowest BCUT2D eigenvalue weighted by Crippen LogP contribution is -2.48. The van der Waals surface area contributed by atoms with Gasteiger partial charge in [-0.05, 0) is 48.4 Å². The molecular formula is C20H31N3O3. The molecule has 1 aliphatic rings. The van der Waals surface area contributed by atoms with E-state index >= 15 is 0 Å². The van der Waals surface area contributed by atoms with Gasteiger partial charge in [-0.2, -0.15) is 0 Å². The number of nitrogens with one attached hydrogen (secondary N) is 3. The molecule has 1 fully saturated rings. The van der Waals surface area contributed by atoms with Crippen LogP contribution in [0.15, 0.2) is 24.3 Å². The summed E-state index contributed by atoms with van der Waals surface area (Å²) in [6, 6.07) is 6.72. The molecule has 2 unspecified atom stereocenters. The lowest BCUT2D eigenvalue weighted by atomic mass is 9.69. The molecule has 0 radical (unpaired) electrons. The molecule has 6 heteroatoms. The highest BCUT2D eigenvalue weighted by atomic mass is 16.5. The summed E-state index contributed by atoms with van der Waals surface area (Å²) >= 11 is 0. The molecule has 2 rings (SSSR count). The van der Waals surface area contributed by atoms with Crippen LogP contribution in [0.25, 0.3) is 0 Å². The van der Waals surface area contributed by atoms with Gasteiger partial charge in [0, 0.05) is 11.7 Å². The highest BCUT2D eigenvalue weighted by Gasteiger charge is 2.34. The van der Waals surface area contributed by atoms with Crippen LogP contribution < -0.4 is 20.7 Å². The number of urea groups is 1. The van der Waals surface area contributed by atoms with Crippen LogP contribution in [-0.4, -0.2) is 31.6 Å². The molecule has 0 heterocycles. The normalized spacial score (nSPS) is 20.3. The van der Waals surface area contributed by atoms with Crippen LogP contribution in [0, 0.1) is 11.3 Å². The van der Waals surface area contributed by atoms with Gasteiger partial charge in [-0.3, -0.25) is 10.1 Å². The predicted octanol–water partition coefficient (Wildman–Crippen LogP) is 3.54. The van der Waals surface area contributed by atoms with Gasteiger partial charge in [-0.1, -0.05) is 33.6 Å². The van der Waals surface area contributed by atoms with Crippen LogP contribution in [0.5, 0.6) is 5.75 Å². The molecule has 0 aliphatic heterocycles. The number of methoxy groups -OCH3 is 1. The lowest BCUT2D eigenvalue weighted by Gasteiger charge is -2.40. The Bertz CT molecular complexity index is 608. The molecule has 3 N–H and O–H groups in total. The Kier molecular flexibility index (Phi) is 7.03. The number of carbonyl (C=O) groups excluding carboxylic acids is 2. The molecule has 1 saturated carbocycles. The van der Waals surface area contributed by atoms with Crippen molar-refractivity contribution in [2.75, 3.05) is 19.0 Å². The van der Waals surface area contributed by atoms with E-state index in [9.17, 15) is 9.59 Å². The highest BCUT2D eigenvalue weighted by molar-refractivity contribution is 6.01. The third-order valence-electron chi connectivity index (χ3n) is 5.00. The Morgan fingerprint density at radius 1 is 1.12 bits per heavy atom. The van der Waals surface area contributed by atoms with Gasteiger partial charge >= 0.3 is 6.03 Å². The molecule has 0 spiro atoms. The van der Waals surface area contributed by atoms with Gasteiger partial charge in [-0.15, -0.1) is 0 Å². The Morgan fingerprint density at radius 2 is 1.77 bits per heavy atom. The second-order valence-corrected chi connectivity index (χ2v) is 7.98. The van der Waals surface area contributed by atoms with Crippen LogP contribution in [0.2, 0.25) is 0 Å². The van der Waals surface area contributed by atoms with Crippen molar-refractivity contribution in [2.45, 2.75) is 52.5 Å². The minimum Gasteiger partial charge on any atom is -0.497 e. The van der Waals surface area contributed by atoms with E-state index in [1.807, 2.05) is 0 Å². The molecule has 0 saturated heterocycles. The van der Waals surface area contributed by atoms with Crippen molar-refractivity contribution in [3.63, 3.8) is 0 Å². The SMILES string of the molecule is COc1ccc(NC(=O)NC(=O)CNC2CCCCC2C(C)(C)C)cc1.